The molecule has 0 atom stereocenters. The van der Waals surface area contributed by atoms with Gasteiger partial charge < -0.3 is 9.67 Å². The monoisotopic (exact) mass is 247 g/mol. The van der Waals surface area contributed by atoms with Crippen molar-refractivity contribution in [1.82, 2.24) is 4.57 Å². The number of hydrogen-bond donors (Lipinski definition) is 1. The highest BCUT2D eigenvalue weighted by Crippen LogP contribution is 2.25. The Morgan fingerprint density at radius 3 is 2.11 bits per heavy atom. The van der Waals surface area contributed by atoms with Crippen LogP contribution >= 0.6 is 0 Å². The van der Waals surface area contributed by atoms with E-state index in [2.05, 4.69) is 0 Å². The maximum atomic E-state index is 12.9. The maximum Gasteiger partial charge on any atom is 0.337 e. The van der Waals surface area contributed by atoms with Gasteiger partial charge in [-0.15, -0.1) is 0 Å². The topological polar surface area (TPSA) is 42.2 Å². The predicted octanol–water partition coefficient (Wildman–Crippen LogP) is 3.24. The minimum atomic E-state index is -0.936. The largest absolute Gasteiger partial charge is 0.478 e. The van der Waals surface area contributed by atoms with E-state index in [0.717, 1.165) is 16.9 Å². The molecule has 0 aliphatic heterocycles. The highest BCUT2D eigenvalue weighted by molar-refractivity contribution is 5.91. The van der Waals surface area contributed by atoms with E-state index in [9.17, 15) is 14.3 Å². The van der Waals surface area contributed by atoms with E-state index in [1.807, 2.05) is 11.5 Å². The van der Waals surface area contributed by atoms with Crippen LogP contribution in [0.15, 0.2) is 24.3 Å². The molecule has 0 radical (unpaired) electrons. The third kappa shape index (κ3) is 1.79. The van der Waals surface area contributed by atoms with E-state index < -0.39 is 5.97 Å². The molecule has 18 heavy (non-hydrogen) atoms. The van der Waals surface area contributed by atoms with Gasteiger partial charge in [0.2, 0.25) is 0 Å². The second-order valence-electron chi connectivity index (χ2n) is 4.29. The SMILES string of the molecule is Cc1c(C(=O)O)c(C)n(-c2ccc(F)cc2)c1C. The Morgan fingerprint density at radius 1 is 1.11 bits per heavy atom. The number of carbonyl (C=O) groups is 1. The van der Waals surface area contributed by atoms with E-state index in [-0.39, 0.29) is 5.82 Å². The first-order valence-corrected chi connectivity index (χ1v) is 5.61. The Labute approximate surface area is 104 Å². The lowest BCUT2D eigenvalue weighted by atomic mass is 10.1. The van der Waals surface area contributed by atoms with Crippen molar-refractivity contribution < 1.29 is 14.3 Å². The van der Waals surface area contributed by atoms with Crippen molar-refractivity contribution in [1.29, 1.82) is 0 Å². The van der Waals surface area contributed by atoms with Gasteiger partial charge in [-0.25, -0.2) is 9.18 Å². The van der Waals surface area contributed by atoms with Crippen molar-refractivity contribution in [2.75, 3.05) is 0 Å². The molecule has 0 spiro atoms. The molecule has 0 unspecified atom stereocenters. The molecule has 0 amide bonds. The summed E-state index contributed by atoms with van der Waals surface area (Å²) in [5.41, 5.74) is 3.34. The molecule has 0 saturated carbocycles. The Kier molecular flexibility index (Phi) is 2.95. The van der Waals surface area contributed by atoms with Crippen molar-refractivity contribution in [2.45, 2.75) is 20.8 Å². The summed E-state index contributed by atoms with van der Waals surface area (Å²) < 4.78 is 14.7. The van der Waals surface area contributed by atoms with Gasteiger partial charge in [0.05, 0.1) is 5.56 Å². The number of halogens is 1. The first-order chi connectivity index (χ1) is 8.43. The predicted molar refractivity (Wildman–Crippen MR) is 66.9 cm³/mol. The zero-order chi connectivity index (χ0) is 13.4. The molecule has 0 aliphatic carbocycles. The fourth-order valence-electron chi connectivity index (χ4n) is 2.28. The first kappa shape index (κ1) is 12.4. The maximum absolute atomic E-state index is 12.9. The average Bonchev–Trinajstić information content (AvgIpc) is 2.52. The number of carboxylic acids is 1. The number of aromatic carboxylic acids is 1. The molecule has 1 N–H and O–H groups in total. The number of nitrogens with zero attached hydrogens (tertiary/aromatic N) is 1. The van der Waals surface area contributed by atoms with E-state index in [0.29, 0.717) is 11.3 Å². The zero-order valence-corrected chi connectivity index (χ0v) is 10.5. The molecule has 4 heteroatoms. The summed E-state index contributed by atoms with van der Waals surface area (Å²) in [5, 5.41) is 9.20. The summed E-state index contributed by atoms with van der Waals surface area (Å²) in [4.78, 5) is 11.2. The quantitative estimate of drug-likeness (QED) is 0.885. The minimum Gasteiger partial charge on any atom is -0.478 e. The molecular weight excluding hydrogens is 233 g/mol. The lowest BCUT2D eigenvalue weighted by Gasteiger charge is -2.09. The molecule has 1 aromatic carbocycles. The highest BCUT2D eigenvalue weighted by atomic mass is 19.1. The number of benzene rings is 1. The fraction of sp³-hybridized carbons (Fsp3) is 0.214. The number of aromatic nitrogens is 1. The van der Waals surface area contributed by atoms with Crippen LogP contribution in [-0.4, -0.2) is 15.6 Å². The van der Waals surface area contributed by atoms with Crippen molar-refractivity contribution in [3.8, 4) is 5.69 Å². The van der Waals surface area contributed by atoms with Gasteiger partial charge in [-0.1, -0.05) is 0 Å². The van der Waals surface area contributed by atoms with Crippen LogP contribution in [0, 0.1) is 26.6 Å². The van der Waals surface area contributed by atoms with E-state index in [1.165, 1.54) is 12.1 Å². The summed E-state index contributed by atoms with van der Waals surface area (Å²) in [7, 11) is 0. The lowest BCUT2D eigenvalue weighted by Crippen LogP contribution is -2.02. The van der Waals surface area contributed by atoms with Gasteiger partial charge in [0.25, 0.3) is 0 Å². The van der Waals surface area contributed by atoms with Gasteiger partial charge in [-0.05, 0) is 50.6 Å². The molecule has 2 aromatic rings. The Morgan fingerprint density at radius 2 is 1.67 bits per heavy atom. The summed E-state index contributed by atoms with van der Waals surface area (Å²) in [5.74, 6) is -1.25. The van der Waals surface area contributed by atoms with E-state index in [4.69, 9.17) is 0 Å². The van der Waals surface area contributed by atoms with Crippen molar-refractivity contribution in [3.63, 3.8) is 0 Å². The second kappa shape index (κ2) is 4.29. The first-order valence-electron chi connectivity index (χ1n) is 5.61. The Bertz CT molecular complexity index is 612. The van der Waals surface area contributed by atoms with Crippen molar-refractivity contribution in [3.05, 3.63) is 52.6 Å². The zero-order valence-electron chi connectivity index (χ0n) is 10.5. The molecule has 1 aromatic heterocycles. The van der Waals surface area contributed by atoms with Gasteiger partial charge in [-0.2, -0.15) is 0 Å². The summed E-state index contributed by atoms with van der Waals surface area (Å²) in [6.45, 7) is 5.40. The van der Waals surface area contributed by atoms with Crippen LogP contribution in [0.5, 0.6) is 0 Å². The van der Waals surface area contributed by atoms with Crippen LogP contribution in [-0.2, 0) is 0 Å². The summed E-state index contributed by atoms with van der Waals surface area (Å²) in [6, 6.07) is 6.01. The number of rotatable bonds is 2. The Balaban J connectivity index is 2.69. The number of hydrogen-bond acceptors (Lipinski definition) is 1. The molecule has 94 valence electrons. The van der Waals surface area contributed by atoms with Crippen LogP contribution in [0.1, 0.15) is 27.3 Å². The summed E-state index contributed by atoms with van der Waals surface area (Å²) in [6.07, 6.45) is 0. The molecule has 0 saturated heterocycles. The Hall–Kier alpha value is -2.10. The summed E-state index contributed by atoms with van der Waals surface area (Å²) >= 11 is 0. The van der Waals surface area contributed by atoms with Crippen LogP contribution in [0.25, 0.3) is 5.69 Å². The molecule has 3 nitrogen and oxygen atoms in total. The third-order valence-corrected chi connectivity index (χ3v) is 3.25. The van der Waals surface area contributed by atoms with Crippen molar-refractivity contribution in [2.24, 2.45) is 0 Å². The van der Waals surface area contributed by atoms with Gasteiger partial charge in [-0.3, -0.25) is 0 Å². The van der Waals surface area contributed by atoms with Gasteiger partial charge in [0.1, 0.15) is 5.82 Å². The van der Waals surface area contributed by atoms with Crippen LogP contribution in [0.4, 0.5) is 4.39 Å². The molecule has 0 aliphatic rings. The molecule has 0 bridgehead atoms. The standard InChI is InChI=1S/C14H14FNO2/c1-8-9(2)16(10(3)13(8)14(17)18)12-6-4-11(15)5-7-12/h4-7H,1-3H3,(H,17,18). The fourth-order valence-corrected chi connectivity index (χ4v) is 2.28. The normalized spacial score (nSPS) is 10.7. The average molecular weight is 247 g/mol. The minimum absolute atomic E-state index is 0.309. The third-order valence-electron chi connectivity index (χ3n) is 3.25. The van der Waals surface area contributed by atoms with E-state index >= 15 is 0 Å². The van der Waals surface area contributed by atoms with Crippen LogP contribution in [0.3, 0.4) is 0 Å². The lowest BCUT2D eigenvalue weighted by molar-refractivity contribution is 0.0695. The van der Waals surface area contributed by atoms with Crippen LogP contribution in [0.2, 0.25) is 0 Å². The van der Waals surface area contributed by atoms with Gasteiger partial charge in [0.15, 0.2) is 0 Å². The van der Waals surface area contributed by atoms with E-state index in [1.54, 1.807) is 26.0 Å². The number of carboxylic acid groups (broad SMARTS) is 1. The highest BCUT2D eigenvalue weighted by Gasteiger charge is 2.20. The van der Waals surface area contributed by atoms with Crippen LogP contribution < -0.4 is 0 Å². The van der Waals surface area contributed by atoms with Gasteiger partial charge in [0, 0.05) is 17.1 Å². The molecule has 1 heterocycles. The smallest absolute Gasteiger partial charge is 0.337 e. The van der Waals surface area contributed by atoms with Gasteiger partial charge >= 0.3 is 5.97 Å². The van der Waals surface area contributed by atoms with Crippen molar-refractivity contribution >= 4 is 5.97 Å². The molecule has 2 rings (SSSR count). The second-order valence-corrected chi connectivity index (χ2v) is 4.29. The molecular formula is C14H14FNO2. The molecule has 0 fully saturated rings.